The van der Waals surface area contributed by atoms with Gasteiger partial charge in [-0.25, -0.2) is 15.0 Å². The van der Waals surface area contributed by atoms with Crippen LogP contribution in [0.4, 0.5) is 0 Å². The summed E-state index contributed by atoms with van der Waals surface area (Å²) in [4.78, 5) is 19.4. The summed E-state index contributed by atoms with van der Waals surface area (Å²) in [7, 11) is 0. The lowest BCUT2D eigenvalue weighted by Gasteiger charge is -2.15. The first-order valence-corrected chi connectivity index (χ1v) is 14.6. The summed E-state index contributed by atoms with van der Waals surface area (Å²) in [5, 5.41) is 2.46. The van der Waals surface area contributed by atoms with Crippen LogP contribution in [0.2, 0.25) is 0 Å². The summed E-state index contributed by atoms with van der Waals surface area (Å²) >= 11 is 0. The zero-order valence-corrected chi connectivity index (χ0v) is 24.1. The molecule has 0 radical (unpaired) electrons. The molecular formula is C39H27N5. The lowest BCUT2D eigenvalue weighted by atomic mass is 9.99. The van der Waals surface area contributed by atoms with E-state index in [1.165, 1.54) is 16.3 Å². The normalized spacial score (nSPS) is 11.3. The monoisotopic (exact) mass is 565 g/mol. The van der Waals surface area contributed by atoms with E-state index in [1.54, 1.807) is 0 Å². The second-order valence-electron chi connectivity index (χ2n) is 10.9. The highest BCUT2D eigenvalue weighted by atomic mass is 15.0. The molecule has 8 rings (SSSR count). The van der Waals surface area contributed by atoms with Crippen LogP contribution in [0, 0.1) is 6.92 Å². The van der Waals surface area contributed by atoms with Crippen LogP contribution >= 0.6 is 0 Å². The fourth-order valence-corrected chi connectivity index (χ4v) is 5.93. The molecule has 5 heteroatoms. The van der Waals surface area contributed by atoms with E-state index in [1.807, 2.05) is 85.2 Å². The number of rotatable bonds is 5. The van der Waals surface area contributed by atoms with E-state index in [-0.39, 0.29) is 0 Å². The number of aromatic nitrogens is 5. The van der Waals surface area contributed by atoms with Gasteiger partial charge < -0.3 is 4.57 Å². The van der Waals surface area contributed by atoms with E-state index in [0.717, 1.165) is 44.5 Å². The first-order valence-electron chi connectivity index (χ1n) is 14.6. The number of pyridine rings is 1. The minimum atomic E-state index is 0.614. The molecule has 0 spiro atoms. The van der Waals surface area contributed by atoms with E-state index < -0.39 is 0 Å². The molecule has 0 bridgehead atoms. The Morgan fingerprint density at radius 2 is 1.07 bits per heavy atom. The van der Waals surface area contributed by atoms with Gasteiger partial charge in [-0.15, -0.1) is 0 Å². The number of hydrogen-bond donors (Lipinski definition) is 0. The number of aryl methyl sites for hydroxylation is 1. The Hall–Kier alpha value is -5.94. The highest BCUT2D eigenvalue weighted by Gasteiger charge is 2.19. The molecule has 0 aliphatic rings. The third-order valence-corrected chi connectivity index (χ3v) is 8.02. The van der Waals surface area contributed by atoms with Crippen molar-refractivity contribution in [3.8, 4) is 51.0 Å². The van der Waals surface area contributed by atoms with Gasteiger partial charge in [0.25, 0.3) is 0 Å². The van der Waals surface area contributed by atoms with E-state index in [4.69, 9.17) is 15.0 Å². The summed E-state index contributed by atoms with van der Waals surface area (Å²) < 4.78 is 2.33. The molecule has 0 saturated heterocycles. The van der Waals surface area contributed by atoms with E-state index >= 15 is 0 Å². The molecule has 0 aliphatic carbocycles. The van der Waals surface area contributed by atoms with Crippen LogP contribution in [-0.2, 0) is 0 Å². The van der Waals surface area contributed by atoms with Crippen molar-refractivity contribution in [2.75, 3.05) is 0 Å². The highest BCUT2D eigenvalue weighted by Crippen LogP contribution is 2.37. The van der Waals surface area contributed by atoms with E-state index in [0.29, 0.717) is 17.5 Å². The van der Waals surface area contributed by atoms with Crippen molar-refractivity contribution in [1.29, 1.82) is 0 Å². The van der Waals surface area contributed by atoms with Crippen LogP contribution in [0.3, 0.4) is 0 Å². The number of hydrogen-bond acceptors (Lipinski definition) is 4. The van der Waals surface area contributed by atoms with Gasteiger partial charge in [0.15, 0.2) is 17.5 Å². The van der Waals surface area contributed by atoms with Gasteiger partial charge in [0.05, 0.1) is 11.0 Å². The maximum absolute atomic E-state index is 5.10. The lowest BCUT2D eigenvalue weighted by molar-refractivity contribution is 1.07. The summed E-state index contributed by atoms with van der Waals surface area (Å²) in [6.07, 6.45) is 3.64. The first-order chi connectivity index (χ1) is 21.7. The maximum Gasteiger partial charge on any atom is 0.164 e. The summed E-state index contributed by atoms with van der Waals surface area (Å²) in [6, 6.07) is 46.0. The fourth-order valence-electron chi connectivity index (χ4n) is 5.93. The molecule has 0 fully saturated rings. The summed E-state index contributed by atoms with van der Waals surface area (Å²) in [6.45, 7) is 2.14. The van der Waals surface area contributed by atoms with Crippen LogP contribution in [0.15, 0.2) is 146 Å². The molecule has 44 heavy (non-hydrogen) atoms. The fraction of sp³-hybridized carbons (Fsp3) is 0.0256. The molecule has 208 valence electrons. The van der Waals surface area contributed by atoms with E-state index in [9.17, 15) is 0 Å². The van der Waals surface area contributed by atoms with Crippen LogP contribution in [0.5, 0.6) is 0 Å². The largest absolute Gasteiger partial charge is 0.309 e. The Labute approximate surface area is 255 Å². The van der Waals surface area contributed by atoms with Gasteiger partial charge in [0.2, 0.25) is 0 Å². The van der Waals surface area contributed by atoms with Gasteiger partial charge in [-0.2, -0.15) is 0 Å². The third kappa shape index (κ3) is 4.52. The third-order valence-electron chi connectivity index (χ3n) is 8.02. The number of benzene rings is 5. The van der Waals surface area contributed by atoms with Crippen molar-refractivity contribution < 1.29 is 0 Å². The van der Waals surface area contributed by atoms with Crippen molar-refractivity contribution >= 4 is 21.8 Å². The van der Waals surface area contributed by atoms with Gasteiger partial charge in [-0.1, -0.05) is 96.6 Å². The lowest BCUT2D eigenvalue weighted by Crippen LogP contribution is -2.02. The predicted octanol–water partition coefficient (Wildman–Crippen LogP) is 9.34. The van der Waals surface area contributed by atoms with Gasteiger partial charge in [0.1, 0.15) is 0 Å². The summed E-state index contributed by atoms with van der Waals surface area (Å²) in [5.41, 5.74) is 9.45. The Morgan fingerprint density at radius 1 is 0.455 bits per heavy atom. The molecule has 3 heterocycles. The van der Waals surface area contributed by atoms with Crippen molar-refractivity contribution in [3.05, 3.63) is 151 Å². The van der Waals surface area contributed by atoms with Crippen LogP contribution in [0.25, 0.3) is 72.8 Å². The van der Waals surface area contributed by atoms with Gasteiger partial charge in [-0.05, 0) is 60.5 Å². The standard InChI is InChI=1S/C39H27N5/c1-26-16-19-36-33(24-26)32-14-8-9-15-35(32)44(36)30-17-18-31(27-20-22-40-23-21-27)34(25-30)39-42-37(28-10-4-2-5-11-28)41-38(43-39)29-12-6-3-7-13-29/h2-25H,1H3. The highest BCUT2D eigenvalue weighted by molar-refractivity contribution is 6.09. The molecule has 8 aromatic rings. The molecule has 0 N–H and O–H groups in total. The summed E-state index contributed by atoms with van der Waals surface area (Å²) in [5.74, 6) is 1.88. The zero-order valence-electron chi connectivity index (χ0n) is 24.1. The first kappa shape index (κ1) is 25.7. The number of fused-ring (bicyclic) bond motifs is 3. The molecule has 0 unspecified atom stereocenters. The van der Waals surface area contributed by atoms with Crippen molar-refractivity contribution in [3.63, 3.8) is 0 Å². The van der Waals surface area contributed by atoms with Crippen LogP contribution in [-0.4, -0.2) is 24.5 Å². The smallest absolute Gasteiger partial charge is 0.164 e. The molecule has 0 saturated carbocycles. The topological polar surface area (TPSA) is 56.5 Å². The van der Waals surface area contributed by atoms with Crippen LogP contribution < -0.4 is 0 Å². The Balaban J connectivity index is 1.42. The zero-order chi connectivity index (χ0) is 29.5. The van der Waals surface area contributed by atoms with E-state index in [2.05, 4.69) is 77.1 Å². The molecular weight excluding hydrogens is 538 g/mol. The molecule has 0 aliphatic heterocycles. The average Bonchev–Trinajstić information content (AvgIpc) is 3.42. The number of nitrogens with zero attached hydrogens (tertiary/aromatic N) is 5. The van der Waals surface area contributed by atoms with Gasteiger partial charge in [0, 0.05) is 45.5 Å². The second-order valence-corrected chi connectivity index (χ2v) is 10.9. The Bertz CT molecular complexity index is 2220. The van der Waals surface area contributed by atoms with Crippen LogP contribution in [0.1, 0.15) is 5.56 Å². The van der Waals surface area contributed by atoms with Crippen molar-refractivity contribution in [2.24, 2.45) is 0 Å². The Kier molecular flexibility index (Phi) is 6.27. The van der Waals surface area contributed by atoms with Gasteiger partial charge >= 0.3 is 0 Å². The Morgan fingerprint density at radius 3 is 1.77 bits per heavy atom. The second kappa shape index (κ2) is 10.7. The molecule has 0 atom stereocenters. The molecule has 5 aromatic carbocycles. The SMILES string of the molecule is Cc1ccc2c(c1)c1ccccc1n2-c1ccc(-c2ccncc2)c(-c2nc(-c3ccccc3)nc(-c3ccccc3)n2)c1. The minimum Gasteiger partial charge on any atom is -0.309 e. The minimum absolute atomic E-state index is 0.614. The quantitative estimate of drug-likeness (QED) is 0.209. The number of para-hydroxylation sites is 1. The van der Waals surface area contributed by atoms with Crippen molar-refractivity contribution in [1.82, 2.24) is 24.5 Å². The molecule has 5 nitrogen and oxygen atoms in total. The van der Waals surface area contributed by atoms with Gasteiger partial charge in [-0.3, -0.25) is 4.98 Å². The van der Waals surface area contributed by atoms with Crippen molar-refractivity contribution in [2.45, 2.75) is 6.92 Å². The molecule has 0 amide bonds. The average molecular weight is 566 g/mol. The maximum atomic E-state index is 5.10. The predicted molar refractivity (Wildman–Crippen MR) is 178 cm³/mol. The molecule has 3 aromatic heterocycles.